The summed E-state index contributed by atoms with van der Waals surface area (Å²) in [5.74, 6) is -2.18. The molecule has 234 valence electrons. The maximum absolute atomic E-state index is 13.6. The Balaban J connectivity index is 0.000000566. The number of benzene rings is 2. The summed E-state index contributed by atoms with van der Waals surface area (Å²) >= 11 is 0. The lowest BCUT2D eigenvalue weighted by atomic mass is 9.94. The molecule has 0 saturated carbocycles. The van der Waals surface area contributed by atoms with Crippen molar-refractivity contribution in [2.75, 3.05) is 24.3 Å². The number of nitrogens with one attached hydrogen (secondary N) is 3. The van der Waals surface area contributed by atoms with Crippen LogP contribution in [0.2, 0.25) is 0 Å². The van der Waals surface area contributed by atoms with Gasteiger partial charge in [0.1, 0.15) is 5.82 Å². The van der Waals surface area contributed by atoms with Gasteiger partial charge in [-0.2, -0.15) is 13.2 Å². The number of amides is 3. The molecule has 3 aromatic rings. The summed E-state index contributed by atoms with van der Waals surface area (Å²) in [6.45, 7) is 1.03. The number of ether oxygens (including phenoxy) is 1. The van der Waals surface area contributed by atoms with E-state index < -0.39 is 18.2 Å². The van der Waals surface area contributed by atoms with Crippen molar-refractivity contribution in [1.82, 2.24) is 14.9 Å². The standard InChI is InChI=1S/C27H30N6O4.C2HF3O2/c1-37-27(36)30-18-7-9-20-21(13-18)31-24(34)5-3-2-4-23(25-29-15-22(20)32-25)33-11-10-17-12-16(14-28)6-8-19(17)26(33)35;3-2(4,5)1(6)7/h6-9,12-13,15,23H,2-5,10-11,14,28H2,1H3,(H,29,32)(H,30,36)(H,31,34);(H,6,7)/t23-;/m0./s1. The highest BCUT2D eigenvalue weighted by Gasteiger charge is 2.38. The van der Waals surface area contributed by atoms with Crippen molar-refractivity contribution in [1.29, 1.82) is 0 Å². The lowest BCUT2D eigenvalue weighted by Crippen LogP contribution is -2.41. The van der Waals surface area contributed by atoms with Gasteiger partial charge in [-0.3, -0.25) is 14.9 Å². The molecule has 0 radical (unpaired) electrons. The minimum atomic E-state index is -5.08. The van der Waals surface area contributed by atoms with Crippen molar-refractivity contribution < 1.29 is 42.2 Å². The summed E-state index contributed by atoms with van der Waals surface area (Å²) in [5, 5.41) is 12.7. The van der Waals surface area contributed by atoms with E-state index in [0.717, 1.165) is 29.5 Å². The zero-order valence-electron chi connectivity index (χ0n) is 23.7. The number of alkyl halides is 3. The molecule has 6 N–H and O–H groups in total. The normalized spacial score (nSPS) is 16.6. The molecule has 2 aliphatic heterocycles. The molecule has 3 amide bonds. The SMILES string of the molecule is COC(=O)Nc1ccc2c(c1)NC(=O)CCCC[C@H](N1CCc3cc(CN)ccc3C1=O)c1ncc-2[nH]1.O=C(O)C(F)(F)F. The Labute approximate surface area is 249 Å². The number of hydrogen-bond acceptors (Lipinski definition) is 7. The molecule has 0 saturated heterocycles. The van der Waals surface area contributed by atoms with E-state index in [9.17, 15) is 27.6 Å². The highest BCUT2D eigenvalue weighted by atomic mass is 19.4. The number of carbonyl (C=O) groups excluding carboxylic acids is 3. The molecule has 1 atom stereocenters. The lowest BCUT2D eigenvalue weighted by Gasteiger charge is -2.35. The topological polar surface area (TPSA) is 180 Å². The summed E-state index contributed by atoms with van der Waals surface area (Å²) < 4.78 is 36.4. The highest BCUT2D eigenvalue weighted by Crippen LogP contribution is 2.35. The first kappa shape index (κ1) is 32.0. The number of aromatic amines is 1. The molecular weight excluding hydrogens is 585 g/mol. The van der Waals surface area contributed by atoms with Crippen LogP contribution in [0.1, 0.15) is 59.0 Å². The molecule has 5 rings (SSSR count). The zero-order chi connectivity index (χ0) is 32.0. The minimum Gasteiger partial charge on any atom is -0.475 e. The van der Waals surface area contributed by atoms with E-state index in [-0.39, 0.29) is 17.9 Å². The summed E-state index contributed by atoms with van der Waals surface area (Å²) in [4.78, 5) is 56.8. The predicted octanol–water partition coefficient (Wildman–Crippen LogP) is 4.60. The van der Waals surface area contributed by atoms with Crippen molar-refractivity contribution in [3.05, 3.63) is 65.1 Å². The average molecular weight is 617 g/mol. The summed E-state index contributed by atoms with van der Waals surface area (Å²) in [6.07, 6.45) is -0.750. The smallest absolute Gasteiger partial charge is 0.475 e. The van der Waals surface area contributed by atoms with Crippen molar-refractivity contribution in [3.63, 3.8) is 0 Å². The Morgan fingerprint density at radius 1 is 1.14 bits per heavy atom. The Morgan fingerprint density at radius 2 is 1.86 bits per heavy atom. The van der Waals surface area contributed by atoms with Gasteiger partial charge in [0.05, 0.1) is 30.7 Å². The van der Waals surface area contributed by atoms with E-state index in [4.69, 9.17) is 15.6 Å². The molecular formula is C29H31F3N6O6. The zero-order valence-corrected chi connectivity index (χ0v) is 23.7. The molecule has 12 nitrogen and oxygen atoms in total. The molecule has 2 aliphatic rings. The van der Waals surface area contributed by atoms with Gasteiger partial charge in [0.2, 0.25) is 5.91 Å². The largest absolute Gasteiger partial charge is 0.490 e. The van der Waals surface area contributed by atoms with Gasteiger partial charge in [-0.1, -0.05) is 18.6 Å². The number of aromatic nitrogens is 2. The van der Waals surface area contributed by atoms with Crippen LogP contribution in [-0.4, -0.2) is 63.7 Å². The number of anilines is 2. The van der Waals surface area contributed by atoms with Gasteiger partial charge >= 0.3 is 18.2 Å². The highest BCUT2D eigenvalue weighted by molar-refractivity contribution is 5.98. The summed E-state index contributed by atoms with van der Waals surface area (Å²) in [7, 11) is 1.29. The van der Waals surface area contributed by atoms with E-state index in [1.807, 2.05) is 23.1 Å². The molecule has 3 heterocycles. The van der Waals surface area contributed by atoms with Crippen LogP contribution in [-0.2, 0) is 27.3 Å². The third-order valence-corrected chi connectivity index (χ3v) is 7.20. The van der Waals surface area contributed by atoms with Crippen LogP contribution >= 0.6 is 0 Å². The molecule has 44 heavy (non-hydrogen) atoms. The average Bonchev–Trinajstić information content (AvgIpc) is 3.47. The fraction of sp³-hybridized carbons (Fsp3) is 0.345. The molecule has 0 spiro atoms. The fourth-order valence-corrected chi connectivity index (χ4v) is 5.03. The minimum absolute atomic E-state index is 0.0171. The molecule has 0 aliphatic carbocycles. The second-order valence-corrected chi connectivity index (χ2v) is 10.1. The Bertz CT molecular complexity index is 1560. The number of nitrogens with zero attached hydrogens (tertiary/aromatic N) is 2. The number of nitrogens with two attached hydrogens (primary N) is 1. The second kappa shape index (κ2) is 13.6. The Hall–Kier alpha value is -4.92. The summed E-state index contributed by atoms with van der Waals surface area (Å²) in [6, 6.07) is 10.8. The van der Waals surface area contributed by atoms with Crippen molar-refractivity contribution in [2.45, 2.75) is 50.9 Å². The van der Waals surface area contributed by atoms with Crippen molar-refractivity contribution >= 4 is 35.3 Å². The van der Waals surface area contributed by atoms with E-state index >= 15 is 0 Å². The number of fused-ring (bicyclic) bond motifs is 5. The van der Waals surface area contributed by atoms with Gasteiger partial charge in [-0.25, -0.2) is 14.6 Å². The quantitative estimate of drug-likeness (QED) is 0.283. The summed E-state index contributed by atoms with van der Waals surface area (Å²) in [5.41, 5.74) is 11.0. The Morgan fingerprint density at radius 3 is 2.55 bits per heavy atom. The Kier molecular flexibility index (Phi) is 9.88. The predicted molar refractivity (Wildman–Crippen MR) is 153 cm³/mol. The maximum Gasteiger partial charge on any atom is 0.490 e. The van der Waals surface area contributed by atoms with Gasteiger partial charge in [0, 0.05) is 36.3 Å². The second-order valence-electron chi connectivity index (χ2n) is 10.1. The lowest BCUT2D eigenvalue weighted by molar-refractivity contribution is -0.192. The third-order valence-electron chi connectivity index (χ3n) is 7.20. The number of carbonyl (C=O) groups is 4. The molecule has 0 unspecified atom stereocenters. The molecule has 15 heteroatoms. The van der Waals surface area contributed by atoms with Gasteiger partial charge in [0.15, 0.2) is 0 Å². The van der Waals surface area contributed by atoms with E-state index in [2.05, 4.69) is 25.3 Å². The number of aliphatic carboxylic acids is 1. The number of imidazole rings is 1. The maximum atomic E-state index is 13.6. The number of rotatable bonds is 3. The molecule has 1 aromatic heterocycles. The number of H-pyrrole nitrogens is 1. The van der Waals surface area contributed by atoms with Crippen LogP contribution in [0.3, 0.4) is 0 Å². The first-order chi connectivity index (χ1) is 20.9. The van der Waals surface area contributed by atoms with Crippen molar-refractivity contribution in [2.24, 2.45) is 5.73 Å². The number of carboxylic acids is 1. The first-order valence-corrected chi connectivity index (χ1v) is 13.7. The van der Waals surface area contributed by atoms with Gasteiger partial charge in [-0.05, 0) is 54.7 Å². The first-order valence-electron chi connectivity index (χ1n) is 13.7. The van der Waals surface area contributed by atoms with Gasteiger partial charge in [0.25, 0.3) is 5.91 Å². The molecule has 2 bridgehead atoms. The van der Waals surface area contributed by atoms with Crippen LogP contribution in [0.25, 0.3) is 11.3 Å². The van der Waals surface area contributed by atoms with Crippen LogP contribution in [0, 0.1) is 0 Å². The number of methoxy groups -OCH3 is 1. The van der Waals surface area contributed by atoms with Gasteiger partial charge in [-0.15, -0.1) is 0 Å². The van der Waals surface area contributed by atoms with E-state index in [0.29, 0.717) is 60.8 Å². The van der Waals surface area contributed by atoms with E-state index in [1.165, 1.54) is 7.11 Å². The van der Waals surface area contributed by atoms with Crippen LogP contribution in [0.15, 0.2) is 42.6 Å². The molecule has 2 aromatic carbocycles. The van der Waals surface area contributed by atoms with Crippen LogP contribution in [0.4, 0.5) is 29.3 Å². The number of hydrogen-bond donors (Lipinski definition) is 5. The van der Waals surface area contributed by atoms with Crippen LogP contribution < -0.4 is 16.4 Å². The number of halogens is 3. The fourth-order valence-electron chi connectivity index (χ4n) is 5.03. The van der Waals surface area contributed by atoms with Crippen LogP contribution in [0.5, 0.6) is 0 Å². The molecule has 0 fully saturated rings. The van der Waals surface area contributed by atoms with Crippen molar-refractivity contribution in [3.8, 4) is 11.3 Å². The number of carboxylic acid groups (broad SMARTS) is 1. The third kappa shape index (κ3) is 7.53. The van der Waals surface area contributed by atoms with Gasteiger partial charge < -0.3 is 30.8 Å². The monoisotopic (exact) mass is 616 g/mol. The van der Waals surface area contributed by atoms with E-state index in [1.54, 1.807) is 24.4 Å².